The SMILES string of the molecule is CC(CC(C)C)=NNC(=O)COc1cc(C)c(Cl)c(C)c1. The van der Waals surface area contributed by atoms with Crippen LogP contribution in [-0.4, -0.2) is 18.2 Å². The van der Waals surface area contributed by atoms with Gasteiger partial charge in [0.25, 0.3) is 5.91 Å². The molecule has 5 heteroatoms. The van der Waals surface area contributed by atoms with Crippen molar-refractivity contribution in [2.75, 3.05) is 6.61 Å². The van der Waals surface area contributed by atoms with Crippen molar-refractivity contribution in [3.05, 3.63) is 28.3 Å². The van der Waals surface area contributed by atoms with Gasteiger partial charge in [-0.25, -0.2) is 5.43 Å². The van der Waals surface area contributed by atoms with Crippen molar-refractivity contribution in [2.45, 2.75) is 41.0 Å². The monoisotopic (exact) mass is 310 g/mol. The molecule has 4 nitrogen and oxygen atoms in total. The standard InChI is InChI=1S/C16H23ClN2O2/c1-10(2)6-13(5)18-19-15(20)9-21-14-7-11(3)16(17)12(4)8-14/h7-8,10H,6,9H2,1-5H3,(H,19,20). The van der Waals surface area contributed by atoms with E-state index in [4.69, 9.17) is 16.3 Å². The molecule has 1 aromatic rings. The van der Waals surface area contributed by atoms with Gasteiger partial charge in [0.2, 0.25) is 0 Å². The average Bonchev–Trinajstić information content (AvgIpc) is 2.39. The number of carbonyl (C=O) groups excluding carboxylic acids is 1. The van der Waals surface area contributed by atoms with E-state index in [1.165, 1.54) is 0 Å². The highest BCUT2D eigenvalue weighted by atomic mass is 35.5. The van der Waals surface area contributed by atoms with Crippen LogP contribution < -0.4 is 10.2 Å². The van der Waals surface area contributed by atoms with Gasteiger partial charge in [0.1, 0.15) is 5.75 Å². The van der Waals surface area contributed by atoms with Crippen molar-refractivity contribution in [1.29, 1.82) is 0 Å². The van der Waals surface area contributed by atoms with E-state index in [1.54, 1.807) is 0 Å². The molecule has 0 bridgehead atoms. The first kappa shape index (κ1) is 17.5. The second kappa shape index (κ2) is 8.03. The van der Waals surface area contributed by atoms with Gasteiger partial charge < -0.3 is 4.74 Å². The molecule has 0 heterocycles. The van der Waals surface area contributed by atoms with Gasteiger partial charge in [-0.1, -0.05) is 25.4 Å². The number of aryl methyl sites for hydroxylation is 2. The Labute approximate surface area is 131 Å². The smallest absolute Gasteiger partial charge is 0.277 e. The minimum Gasteiger partial charge on any atom is -0.484 e. The number of hydrogen-bond acceptors (Lipinski definition) is 3. The lowest BCUT2D eigenvalue weighted by atomic mass is 10.1. The maximum absolute atomic E-state index is 11.7. The highest BCUT2D eigenvalue weighted by Gasteiger charge is 2.06. The van der Waals surface area contributed by atoms with Crippen LogP contribution in [0, 0.1) is 19.8 Å². The maximum atomic E-state index is 11.7. The molecule has 1 aromatic carbocycles. The number of nitrogens with zero attached hydrogens (tertiary/aromatic N) is 1. The number of ether oxygens (including phenoxy) is 1. The van der Waals surface area contributed by atoms with Crippen molar-refractivity contribution in [3.8, 4) is 5.75 Å². The number of amides is 1. The van der Waals surface area contributed by atoms with Gasteiger partial charge in [0, 0.05) is 10.7 Å². The molecular formula is C16H23ClN2O2. The second-order valence-electron chi connectivity index (χ2n) is 5.64. The summed E-state index contributed by atoms with van der Waals surface area (Å²) in [5.74, 6) is 0.873. The third kappa shape index (κ3) is 6.17. The summed E-state index contributed by atoms with van der Waals surface area (Å²) < 4.78 is 5.46. The molecule has 0 fully saturated rings. The van der Waals surface area contributed by atoms with E-state index in [0.29, 0.717) is 11.7 Å². The van der Waals surface area contributed by atoms with Crippen molar-refractivity contribution in [1.82, 2.24) is 5.43 Å². The number of rotatable bonds is 6. The van der Waals surface area contributed by atoms with Gasteiger partial charge in [-0.05, 0) is 56.4 Å². The summed E-state index contributed by atoms with van der Waals surface area (Å²) in [6, 6.07) is 3.63. The van der Waals surface area contributed by atoms with E-state index >= 15 is 0 Å². The fraction of sp³-hybridized carbons (Fsp3) is 0.500. The van der Waals surface area contributed by atoms with Gasteiger partial charge in [-0.15, -0.1) is 0 Å². The molecule has 0 spiro atoms. The van der Waals surface area contributed by atoms with E-state index in [-0.39, 0.29) is 12.5 Å². The lowest BCUT2D eigenvalue weighted by Crippen LogP contribution is -2.25. The Morgan fingerprint density at radius 2 is 1.90 bits per heavy atom. The van der Waals surface area contributed by atoms with Crippen LogP contribution in [0.25, 0.3) is 0 Å². The quantitative estimate of drug-likeness (QED) is 0.640. The summed E-state index contributed by atoms with van der Waals surface area (Å²) in [4.78, 5) is 11.7. The Hall–Kier alpha value is -1.55. The largest absolute Gasteiger partial charge is 0.484 e. The molecule has 0 aliphatic carbocycles. The van der Waals surface area contributed by atoms with Crippen LogP contribution in [0.5, 0.6) is 5.75 Å². The fourth-order valence-electron chi connectivity index (χ4n) is 1.96. The Kier molecular flexibility index (Phi) is 6.69. The van der Waals surface area contributed by atoms with Crippen LogP contribution in [0.1, 0.15) is 38.3 Å². The first-order valence-electron chi connectivity index (χ1n) is 7.01. The molecule has 21 heavy (non-hydrogen) atoms. The molecule has 0 aliphatic rings. The lowest BCUT2D eigenvalue weighted by Gasteiger charge is -2.09. The third-order valence-electron chi connectivity index (χ3n) is 2.86. The van der Waals surface area contributed by atoms with Crippen LogP contribution in [0.15, 0.2) is 17.2 Å². The number of benzene rings is 1. The number of halogens is 1. The van der Waals surface area contributed by atoms with Crippen LogP contribution in [0.3, 0.4) is 0 Å². The van der Waals surface area contributed by atoms with Crippen molar-refractivity contribution in [2.24, 2.45) is 11.0 Å². The summed E-state index contributed by atoms with van der Waals surface area (Å²) in [7, 11) is 0. The number of hydrogen-bond donors (Lipinski definition) is 1. The number of nitrogens with one attached hydrogen (secondary N) is 1. The Morgan fingerprint density at radius 1 is 1.33 bits per heavy atom. The van der Waals surface area contributed by atoms with E-state index in [2.05, 4.69) is 24.4 Å². The predicted octanol–water partition coefficient (Wildman–Crippen LogP) is 3.87. The summed E-state index contributed by atoms with van der Waals surface area (Å²) in [6.45, 7) is 9.85. The van der Waals surface area contributed by atoms with E-state index < -0.39 is 0 Å². The van der Waals surface area contributed by atoms with Crippen LogP contribution in [0.2, 0.25) is 5.02 Å². The normalized spacial score (nSPS) is 11.7. The zero-order chi connectivity index (χ0) is 16.0. The third-order valence-corrected chi connectivity index (χ3v) is 3.45. The zero-order valence-electron chi connectivity index (χ0n) is 13.3. The van der Waals surface area contributed by atoms with Crippen molar-refractivity contribution >= 4 is 23.2 Å². The van der Waals surface area contributed by atoms with Gasteiger partial charge in [0.15, 0.2) is 6.61 Å². The van der Waals surface area contributed by atoms with Gasteiger partial charge in [-0.3, -0.25) is 4.79 Å². The fourth-order valence-corrected chi connectivity index (χ4v) is 2.07. The van der Waals surface area contributed by atoms with Crippen LogP contribution in [-0.2, 0) is 4.79 Å². The topological polar surface area (TPSA) is 50.7 Å². The second-order valence-corrected chi connectivity index (χ2v) is 6.02. The molecule has 0 aromatic heterocycles. The van der Waals surface area contributed by atoms with Gasteiger partial charge in [0.05, 0.1) is 0 Å². The zero-order valence-corrected chi connectivity index (χ0v) is 14.0. The van der Waals surface area contributed by atoms with Gasteiger partial charge >= 0.3 is 0 Å². The van der Waals surface area contributed by atoms with Crippen LogP contribution >= 0.6 is 11.6 Å². The predicted molar refractivity (Wildman–Crippen MR) is 87.1 cm³/mol. The maximum Gasteiger partial charge on any atom is 0.277 e. The minimum atomic E-state index is -0.275. The number of hydrazone groups is 1. The molecule has 0 aliphatic heterocycles. The Morgan fingerprint density at radius 3 is 2.43 bits per heavy atom. The highest BCUT2D eigenvalue weighted by Crippen LogP contribution is 2.25. The molecule has 0 unspecified atom stereocenters. The molecule has 0 atom stereocenters. The van der Waals surface area contributed by atoms with Gasteiger partial charge in [-0.2, -0.15) is 5.10 Å². The first-order chi connectivity index (χ1) is 9.79. The van der Waals surface area contributed by atoms with Crippen molar-refractivity contribution < 1.29 is 9.53 Å². The van der Waals surface area contributed by atoms with Crippen molar-refractivity contribution in [3.63, 3.8) is 0 Å². The molecule has 1 rings (SSSR count). The Bertz CT molecular complexity index is 516. The molecule has 0 saturated heterocycles. The number of carbonyl (C=O) groups is 1. The average molecular weight is 311 g/mol. The first-order valence-corrected chi connectivity index (χ1v) is 7.39. The van der Waals surface area contributed by atoms with Crippen LogP contribution in [0.4, 0.5) is 0 Å². The summed E-state index contributed by atoms with van der Waals surface area (Å²) in [6.07, 6.45) is 0.858. The van der Waals surface area contributed by atoms with E-state index in [1.807, 2.05) is 32.9 Å². The molecular weight excluding hydrogens is 288 g/mol. The molecule has 0 saturated carbocycles. The highest BCUT2D eigenvalue weighted by molar-refractivity contribution is 6.32. The lowest BCUT2D eigenvalue weighted by molar-refractivity contribution is -0.123. The van der Waals surface area contributed by atoms with E-state index in [0.717, 1.165) is 28.3 Å². The Balaban J connectivity index is 2.50. The van der Waals surface area contributed by atoms with E-state index in [9.17, 15) is 4.79 Å². The molecule has 1 N–H and O–H groups in total. The summed E-state index contributed by atoms with van der Waals surface area (Å²) >= 11 is 6.09. The summed E-state index contributed by atoms with van der Waals surface area (Å²) in [5.41, 5.74) is 5.25. The summed E-state index contributed by atoms with van der Waals surface area (Å²) in [5, 5.41) is 4.76. The molecule has 116 valence electrons. The molecule has 0 radical (unpaired) electrons. The minimum absolute atomic E-state index is 0.0705. The molecule has 1 amide bonds.